The number of aryl methyl sites for hydroxylation is 2. The summed E-state index contributed by atoms with van der Waals surface area (Å²) in [6, 6.07) is 22.4. The number of aromatic nitrogens is 3. The van der Waals surface area contributed by atoms with Crippen LogP contribution in [-0.2, 0) is 13.0 Å². The Hall–Kier alpha value is -4.24. The molecule has 1 N–H and O–H groups in total. The van der Waals surface area contributed by atoms with E-state index in [4.69, 9.17) is 0 Å². The van der Waals surface area contributed by atoms with E-state index in [1.807, 2.05) is 48.7 Å². The Kier molecular flexibility index (Phi) is 5.63. The lowest BCUT2D eigenvalue weighted by Crippen LogP contribution is -2.14. The smallest absolute Gasteiger partial charge is 0.257 e. The first-order chi connectivity index (χ1) is 14.7. The van der Waals surface area contributed by atoms with Crippen LogP contribution in [0.15, 0.2) is 85.3 Å². The molecule has 0 saturated heterocycles. The van der Waals surface area contributed by atoms with E-state index < -0.39 is 0 Å². The van der Waals surface area contributed by atoms with Crippen molar-refractivity contribution in [3.8, 4) is 17.2 Å². The van der Waals surface area contributed by atoms with Crippen molar-refractivity contribution >= 4 is 11.7 Å². The van der Waals surface area contributed by atoms with Gasteiger partial charge in [0.2, 0.25) is 0 Å². The molecule has 0 fully saturated rings. The molecule has 6 nitrogen and oxygen atoms in total. The Labute approximate surface area is 174 Å². The third-order valence-electron chi connectivity index (χ3n) is 4.77. The molecule has 0 aliphatic carbocycles. The van der Waals surface area contributed by atoms with Crippen LogP contribution in [-0.4, -0.2) is 20.7 Å². The summed E-state index contributed by atoms with van der Waals surface area (Å²) in [4.78, 5) is 17.0. The van der Waals surface area contributed by atoms with Crippen molar-refractivity contribution in [1.82, 2.24) is 14.8 Å². The van der Waals surface area contributed by atoms with Gasteiger partial charge in [0.1, 0.15) is 0 Å². The van der Waals surface area contributed by atoms with Crippen LogP contribution in [0.1, 0.15) is 21.5 Å². The molecule has 2 aromatic heterocycles. The lowest BCUT2D eigenvalue weighted by atomic mass is 9.95. The van der Waals surface area contributed by atoms with Crippen LogP contribution in [0.3, 0.4) is 0 Å². The average molecular weight is 393 g/mol. The first-order valence-corrected chi connectivity index (χ1v) is 9.57. The van der Waals surface area contributed by atoms with E-state index >= 15 is 0 Å². The summed E-state index contributed by atoms with van der Waals surface area (Å²) in [5, 5.41) is 16.7. The normalized spacial score (nSPS) is 10.4. The Balaban J connectivity index is 1.50. The molecule has 4 aromatic rings. The SMILES string of the molecule is N#Cc1ccccc1-c1ccccc1C(=O)Nc1ccn(CCc2ccncc2)n1. The summed E-state index contributed by atoms with van der Waals surface area (Å²) in [5.74, 6) is 0.218. The molecule has 1 amide bonds. The van der Waals surface area contributed by atoms with E-state index in [2.05, 4.69) is 21.5 Å². The van der Waals surface area contributed by atoms with Crippen LogP contribution >= 0.6 is 0 Å². The number of amides is 1. The minimum atomic E-state index is -0.266. The lowest BCUT2D eigenvalue weighted by Gasteiger charge is -2.10. The van der Waals surface area contributed by atoms with Crippen molar-refractivity contribution in [2.45, 2.75) is 13.0 Å². The Morgan fingerprint density at radius 2 is 1.70 bits per heavy atom. The summed E-state index contributed by atoms with van der Waals surface area (Å²) in [5.41, 5.74) is 3.64. The summed E-state index contributed by atoms with van der Waals surface area (Å²) in [6.45, 7) is 0.700. The van der Waals surface area contributed by atoms with Gasteiger partial charge in [-0.25, -0.2) is 0 Å². The molecule has 6 heteroatoms. The molecule has 4 rings (SSSR count). The van der Waals surface area contributed by atoms with Gasteiger partial charge in [0.15, 0.2) is 5.82 Å². The number of nitriles is 1. The zero-order chi connectivity index (χ0) is 20.8. The van der Waals surface area contributed by atoms with E-state index in [-0.39, 0.29) is 5.91 Å². The molecule has 0 unspecified atom stereocenters. The molecule has 0 aliphatic heterocycles. The molecule has 0 saturated carbocycles. The van der Waals surface area contributed by atoms with Crippen molar-refractivity contribution < 1.29 is 4.79 Å². The zero-order valence-electron chi connectivity index (χ0n) is 16.2. The van der Waals surface area contributed by atoms with Gasteiger partial charge in [0.25, 0.3) is 5.91 Å². The Morgan fingerprint density at radius 1 is 0.967 bits per heavy atom. The number of carbonyl (C=O) groups is 1. The number of hydrogen-bond acceptors (Lipinski definition) is 4. The number of anilines is 1. The number of nitrogens with zero attached hydrogens (tertiary/aromatic N) is 4. The van der Waals surface area contributed by atoms with E-state index in [1.54, 1.807) is 41.3 Å². The molecule has 146 valence electrons. The highest BCUT2D eigenvalue weighted by molar-refractivity contribution is 6.08. The Morgan fingerprint density at radius 3 is 2.50 bits per heavy atom. The summed E-state index contributed by atoms with van der Waals surface area (Å²) in [6.07, 6.45) is 6.21. The third kappa shape index (κ3) is 4.26. The molecule has 0 bridgehead atoms. The van der Waals surface area contributed by atoms with E-state index in [1.165, 1.54) is 5.56 Å². The molecule has 2 aromatic carbocycles. The lowest BCUT2D eigenvalue weighted by molar-refractivity contribution is 0.102. The summed E-state index contributed by atoms with van der Waals surface area (Å²) in [7, 11) is 0. The largest absolute Gasteiger partial charge is 0.305 e. The van der Waals surface area contributed by atoms with Gasteiger partial charge in [0, 0.05) is 42.3 Å². The number of benzene rings is 2. The minimum Gasteiger partial charge on any atom is -0.305 e. The first-order valence-electron chi connectivity index (χ1n) is 9.57. The maximum atomic E-state index is 12.9. The van der Waals surface area contributed by atoms with Crippen molar-refractivity contribution in [3.05, 3.63) is 102 Å². The maximum absolute atomic E-state index is 12.9. The standard InChI is InChI=1S/C24H19N5O/c25-17-19-5-1-2-6-20(19)21-7-3-4-8-22(21)24(30)27-23-12-16-29(28-23)15-11-18-9-13-26-14-10-18/h1-10,12-14,16H,11,15H2,(H,27,28,30). The van der Waals surface area contributed by atoms with Gasteiger partial charge < -0.3 is 5.32 Å². The fourth-order valence-corrected chi connectivity index (χ4v) is 3.26. The fourth-order valence-electron chi connectivity index (χ4n) is 3.26. The average Bonchev–Trinajstić information content (AvgIpc) is 3.25. The minimum absolute atomic E-state index is 0.266. The topological polar surface area (TPSA) is 83.6 Å². The number of nitrogens with one attached hydrogen (secondary N) is 1. The van der Waals surface area contributed by atoms with Gasteiger partial charge in [-0.15, -0.1) is 0 Å². The second-order valence-electron chi connectivity index (χ2n) is 6.73. The number of carbonyl (C=O) groups excluding carboxylic acids is 1. The summed E-state index contributed by atoms with van der Waals surface area (Å²) < 4.78 is 1.80. The second-order valence-corrected chi connectivity index (χ2v) is 6.73. The third-order valence-corrected chi connectivity index (χ3v) is 4.77. The zero-order valence-corrected chi connectivity index (χ0v) is 16.2. The van der Waals surface area contributed by atoms with Crippen LogP contribution in [0.5, 0.6) is 0 Å². The van der Waals surface area contributed by atoms with Gasteiger partial charge in [-0.1, -0.05) is 36.4 Å². The first kappa shape index (κ1) is 19.1. The van der Waals surface area contributed by atoms with Gasteiger partial charge >= 0.3 is 0 Å². The van der Waals surface area contributed by atoms with Crippen molar-refractivity contribution in [3.63, 3.8) is 0 Å². The van der Waals surface area contributed by atoms with E-state index in [0.717, 1.165) is 12.0 Å². The monoisotopic (exact) mass is 393 g/mol. The molecular weight excluding hydrogens is 374 g/mol. The highest BCUT2D eigenvalue weighted by Crippen LogP contribution is 2.27. The van der Waals surface area contributed by atoms with Crippen LogP contribution in [0.4, 0.5) is 5.82 Å². The fraction of sp³-hybridized carbons (Fsp3) is 0.0833. The highest BCUT2D eigenvalue weighted by Gasteiger charge is 2.15. The van der Waals surface area contributed by atoms with Gasteiger partial charge in [-0.05, 0) is 41.8 Å². The molecule has 30 heavy (non-hydrogen) atoms. The molecule has 0 aliphatic rings. The van der Waals surface area contributed by atoms with Crippen LogP contribution in [0, 0.1) is 11.3 Å². The van der Waals surface area contributed by atoms with Gasteiger partial charge in [0.05, 0.1) is 11.6 Å². The number of pyridine rings is 1. The number of hydrogen-bond donors (Lipinski definition) is 1. The van der Waals surface area contributed by atoms with Crippen molar-refractivity contribution in [2.24, 2.45) is 0 Å². The number of rotatable bonds is 6. The molecule has 2 heterocycles. The van der Waals surface area contributed by atoms with Gasteiger partial charge in [-0.3, -0.25) is 14.5 Å². The van der Waals surface area contributed by atoms with E-state index in [0.29, 0.717) is 29.1 Å². The van der Waals surface area contributed by atoms with Crippen LogP contribution in [0.25, 0.3) is 11.1 Å². The molecule has 0 radical (unpaired) electrons. The van der Waals surface area contributed by atoms with Crippen LogP contribution in [0.2, 0.25) is 0 Å². The predicted octanol–water partition coefficient (Wildman–Crippen LogP) is 4.31. The highest BCUT2D eigenvalue weighted by atomic mass is 16.1. The predicted molar refractivity (Wildman–Crippen MR) is 115 cm³/mol. The van der Waals surface area contributed by atoms with Crippen molar-refractivity contribution in [1.29, 1.82) is 5.26 Å². The maximum Gasteiger partial charge on any atom is 0.257 e. The molecular formula is C24H19N5O. The second kappa shape index (κ2) is 8.84. The quantitative estimate of drug-likeness (QED) is 0.529. The van der Waals surface area contributed by atoms with Crippen molar-refractivity contribution in [2.75, 3.05) is 5.32 Å². The van der Waals surface area contributed by atoms with Crippen LogP contribution < -0.4 is 5.32 Å². The van der Waals surface area contributed by atoms with E-state index in [9.17, 15) is 10.1 Å². The molecule has 0 spiro atoms. The Bertz CT molecular complexity index is 1210. The summed E-state index contributed by atoms with van der Waals surface area (Å²) >= 11 is 0. The van der Waals surface area contributed by atoms with Gasteiger partial charge in [-0.2, -0.15) is 10.4 Å². The molecule has 0 atom stereocenters.